The molecule has 0 radical (unpaired) electrons. The SMILES string of the molecule is C(=Cc1ccccc1)CSc1nnc2n1CCCCC2. The average Bonchev–Trinajstić information content (AvgIpc) is 2.72. The zero-order valence-corrected chi connectivity index (χ0v) is 12.4. The monoisotopic (exact) mass is 285 g/mol. The minimum absolute atomic E-state index is 0.938. The topological polar surface area (TPSA) is 30.7 Å². The summed E-state index contributed by atoms with van der Waals surface area (Å²) in [6.07, 6.45) is 9.23. The van der Waals surface area contributed by atoms with E-state index in [1.54, 1.807) is 11.8 Å². The Balaban J connectivity index is 1.59. The lowest BCUT2D eigenvalue weighted by Crippen LogP contribution is -2.02. The van der Waals surface area contributed by atoms with Gasteiger partial charge in [-0.05, 0) is 18.4 Å². The lowest BCUT2D eigenvalue weighted by molar-refractivity contribution is 0.591. The molecule has 20 heavy (non-hydrogen) atoms. The molecule has 3 nitrogen and oxygen atoms in total. The summed E-state index contributed by atoms with van der Waals surface area (Å²) in [6, 6.07) is 10.4. The van der Waals surface area contributed by atoms with Crippen molar-refractivity contribution in [3.05, 3.63) is 47.8 Å². The highest BCUT2D eigenvalue weighted by Gasteiger charge is 2.14. The van der Waals surface area contributed by atoms with Crippen LogP contribution in [-0.4, -0.2) is 20.5 Å². The van der Waals surface area contributed by atoms with Gasteiger partial charge in [0.1, 0.15) is 5.82 Å². The third-order valence-electron chi connectivity index (χ3n) is 3.49. The van der Waals surface area contributed by atoms with E-state index in [1.807, 2.05) is 6.07 Å². The van der Waals surface area contributed by atoms with Crippen molar-refractivity contribution < 1.29 is 0 Å². The van der Waals surface area contributed by atoms with Crippen LogP contribution >= 0.6 is 11.8 Å². The number of aromatic nitrogens is 3. The Morgan fingerprint density at radius 3 is 2.90 bits per heavy atom. The van der Waals surface area contributed by atoms with Crippen molar-refractivity contribution in [3.8, 4) is 0 Å². The van der Waals surface area contributed by atoms with Gasteiger partial charge in [-0.2, -0.15) is 0 Å². The summed E-state index contributed by atoms with van der Waals surface area (Å²) >= 11 is 1.77. The smallest absolute Gasteiger partial charge is 0.191 e. The van der Waals surface area contributed by atoms with E-state index in [4.69, 9.17) is 0 Å². The fourth-order valence-electron chi connectivity index (χ4n) is 2.44. The van der Waals surface area contributed by atoms with Crippen LogP contribution in [0.15, 0.2) is 41.6 Å². The normalized spacial score (nSPS) is 15.2. The summed E-state index contributed by atoms with van der Waals surface area (Å²) < 4.78 is 2.30. The molecule has 0 saturated heterocycles. The highest BCUT2D eigenvalue weighted by molar-refractivity contribution is 7.99. The van der Waals surface area contributed by atoms with Crippen LogP contribution < -0.4 is 0 Å². The Labute approximate surface area is 124 Å². The summed E-state index contributed by atoms with van der Waals surface area (Å²) in [7, 11) is 0. The third-order valence-corrected chi connectivity index (χ3v) is 4.41. The number of hydrogen-bond acceptors (Lipinski definition) is 3. The molecule has 104 valence electrons. The molecule has 0 fully saturated rings. The molecule has 3 rings (SSSR count). The van der Waals surface area contributed by atoms with Crippen molar-refractivity contribution >= 4 is 17.8 Å². The maximum absolute atomic E-state index is 4.33. The average molecular weight is 285 g/mol. The van der Waals surface area contributed by atoms with Crippen LogP contribution in [0.5, 0.6) is 0 Å². The highest BCUT2D eigenvalue weighted by atomic mass is 32.2. The van der Waals surface area contributed by atoms with E-state index in [0.717, 1.165) is 29.7 Å². The van der Waals surface area contributed by atoms with Crippen molar-refractivity contribution in [2.75, 3.05) is 5.75 Å². The number of aryl methyl sites for hydroxylation is 1. The molecule has 0 bridgehead atoms. The predicted molar refractivity (Wildman–Crippen MR) is 83.8 cm³/mol. The Bertz CT molecular complexity index is 575. The van der Waals surface area contributed by atoms with Crippen LogP contribution in [-0.2, 0) is 13.0 Å². The van der Waals surface area contributed by atoms with Crippen LogP contribution in [0.3, 0.4) is 0 Å². The Morgan fingerprint density at radius 1 is 1.10 bits per heavy atom. The number of nitrogens with zero attached hydrogens (tertiary/aromatic N) is 3. The van der Waals surface area contributed by atoms with Crippen LogP contribution in [0.1, 0.15) is 30.7 Å². The Hall–Kier alpha value is -1.55. The van der Waals surface area contributed by atoms with Gasteiger partial charge in [-0.1, -0.05) is 60.7 Å². The summed E-state index contributed by atoms with van der Waals surface area (Å²) in [6.45, 7) is 1.08. The van der Waals surface area contributed by atoms with Crippen molar-refractivity contribution in [2.24, 2.45) is 0 Å². The second-order valence-corrected chi connectivity index (χ2v) is 5.97. The number of hydrogen-bond donors (Lipinski definition) is 0. The molecule has 2 aromatic rings. The number of benzene rings is 1. The summed E-state index contributed by atoms with van der Waals surface area (Å²) in [5.74, 6) is 2.10. The molecule has 1 aromatic heterocycles. The van der Waals surface area contributed by atoms with E-state index in [2.05, 4.69) is 51.2 Å². The number of thioether (sulfide) groups is 1. The highest BCUT2D eigenvalue weighted by Crippen LogP contribution is 2.21. The van der Waals surface area contributed by atoms with Gasteiger partial charge in [0.25, 0.3) is 0 Å². The van der Waals surface area contributed by atoms with Gasteiger partial charge in [0.05, 0.1) is 0 Å². The second kappa shape index (κ2) is 6.75. The van der Waals surface area contributed by atoms with Crippen LogP contribution in [0.2, 0.25) is 0 Å². The van der Waals surface area contributed by atoms with Crippen LogP contribution in [0.25, 0.3) is 6.08 Å². The van der Waals surface area contributed by atoms with Crippen molar-refractivity contribution in [2.45, 2.75) is 37.4 Å². The van der Waals surface area contributed by atoms with E-state index in [-0.39, 0.29) is 0 Å². The van der Waals surface area contributed by atoms with Gasteiger partial charge in [-0.3, -0.25) is 0 Å². The molecular formula is C16H19N3S. The fourth-order valence-corrected chi connectivity index (χ4v) is 3.23. The first-order valence-corrected chi connectivity index (χ1v) is 8.18. The van der Waals surface area contributed by atoms with E-state index in [1.165, 1.54) is 24.8 Å². The second-order valence-electron chi connectivity index (χ2n) is 4.99. The molecule has 0 atom stereocenters. The molecule has 4 heteroatoms. The van der Waals surface area contributed by atoms with E-state index < -0.39 is 0 Å². The summed E-state index contributed by atoms with van der Waals surface area (Å²) in [5.41, 5.74) is 1.24. The number of fused-ring (bicyclic) bond motifs is 1. The first-order valence-electron chi connectivity index (χ1n) is 7.20. The van der Waals surface area contributed by atoms with Gasteiger partial charge in [-0.15, -0.1) is 10.2 Å². The zero-order valence-electron chi connectivity index (χ0n) is 11.5. The summed E-state index contributed by atoms with van der Waals surface area (Å²) in [5, 5.41) is 9.72. The van der Waals surface area contributed by atoms with Gasteiger partial charge in [0.2, 0.25) is 0 Å². The molecule has 0 N–H and O–H groups in total. The molecular weight excluding hydrogens is 266 g/mol. The lowest BCUT2D eigenvalue weighted by atomic mass is 10.2. The van der Waals surface area contributed by atoms with Crippen LogP contribution in [0, 0.1) is 0 Å². The molecule has 0 aliphatic carbocycles. The van der Waals surface area contributed by atoms with Gasteiger partial charge in [-0.25, -0.2) is 0 Å². The lowest BCUT2D eigenvalue weighted by Gasteiger charge is -2.04. The summed E-state index contributed by atoms with van der Waals surface area (Å²) in [4.78, 5) is 0. The maximum atomic E-state index is 4.33. The van der Waals surface area contributed by atoms with Gasteiger partial charge >= 0.3 is 0 Å². The predicted octanol–water partition coefficient (Wildman–Crippen LogP) is 3.81. The first-order chi connectivity index (χ1) is 9.93. The minimum atomic E-state index is 0.938. The zero-order chi connectivity index (χ0) is 13.6. The third kappa shape index (κ3) is 3.31. The minimum Gasteiger partial charge on any atom is -0.306 e. The maximum Gasteiger partial charge on any atom is 0.191 e. The molecule has 2 heterocycles. The molecule has 0 saturated carbocycles. The van der Waals surface area contributed by atoms with E-state index in [0.29, 0.717) is 0 Å². The van der Waals surface area contributed by atoms with Crippen LogP contribution in [0.4, 0.5) is 0 Å². The number of rotatable bonds is 4. The molecule has 0 unspecified atom stereocenters. The molecule has 1 aliphatic heterocycles. The van der Waals surface area contributed by atoms with Crippen molar-refractivity contribution in [1.82, 2.24) is 14.8 Å². The Kier molecular flexibility index (Phi) is 4.53. The van der Waals surface area contributed by atoms with E-state index >= 15 is 0 Å². The Morgan fingerprint density at radius 2 is 2.00 bits per heavy atom. The van der Waals surface area contributed by atoms with Gasteiger partial charge in [0, 0.05) is 18.7 Å². The van der Waals surface area contributed by atoms with Gasteiger partial charge in [0.15, 0.2) is 5.16 Å². The quantitative estimate of drug-likeness (QED) is 0.800. The molecule has 1 aliphatic rings. The standard InChI is InChI=1S/C16H19N3S/c1-3-8-14(9-4-1)10-7-13-20-16-18-17-15-11-5-2-6-12-19(15)16/h1,3-4,7-10H,2,5-6,11-13H2. The van der Waals surface area contributed by atoms with Crippen molar-refractivity contribution in [3.63, 3.8) is 0 Å². The largest absolute Gasteiger partial charge is 0.306 e. The molecule has 0 spiro atoms. The fraction of sp³-hybridized carbons (Fsp3) is 0.375. The molecule has 0 amide bonds. The molecule has 1 aromatic carbocycles. The van der Waals surface area contributed by atoms with Crippen molar-refractivity contribution in [1.29, 1.82) is 0 Å². The first kappa shape index (κ1) is 13.4. The van der Waals surface area contributed by atoms with Gasteiger partial charge < -0.3 is 4.57 Å². The van der Waals surface area contributed by atoms with E-state index in [9.17, 15) is 0 Å².